The second-order valence-corrected chi connectivity index (χ2v) is 4.41. The van der Waals surface area contributed by atoms with Crippen LogP contribution in [0.4, 0.5) is 0 Å². The SMILES string of the molecule is O=C1O[C@H]([C@@H](O)CO)C(O)=C1OCC=Cc1ccccc1. The number of hydrogen-bond acceptors (Lipinski definition) is 6. The normalized spacial score (nSPS) is 19.9. The molecule has 6 heteroatoms. The van der Waals surface area contributed by atoms with E-state index in [1.807, 2.05) is 30.3 Å². The van der Waals surface area contributed by atoms with E-state index in [-0.39, 0.29) is 12.4 Å². The first-order valence-electron chi connectivity index (χ1n) is 6.41. The van der Waals surface area contributed by atoms with Gasteiger partial charge in [-0.05, 0) is 11.6 Å². The average molecular weight is 292 g/mol. The van der Waals surface area contributed by atoms with Crippen LogP contribution in [0, 0.1) is 0 Å². The lowest BCUT2D eigenvalue weighted by atomic mass is 10.2. The molecule has 1 aromatic rings. The Bertz CT molecular complexity index is 549. The van der Waals surface area contributed by atoms with Gasteiger partial charge in [0, 0.05) is 0 Å². The highest BCUT2D eigenvalue weighted by molar-refractivity contribution is 5.89. The van der Waals surface area contributed by atoms with Crippen LogP contribution >= 0.6 is 0 Å². The largest absolute Gasteiger partial charge is 0.505 e. The van der Waals surface area contributed by atoms with Gasteiger partial charge in [0.1, 0.15) is 12.7 Å². The van der Waals surface area contributed by atoms with Gasteiger partial charge in [-0.25, -0.2) is 4.79 Å². The summed E-state index contributed by atoms with van der Waals surface area (Å²) >= 11 is 0. The average Bonchev–Trinajstić information content (AvgIpc) is 2.79. The highest BCUT2D eigenvalue weighted by Gasteiger charge is 2.40. The zero-order chi connectivity index (χ0) is 15.2. The van der Waals surface area contributed by atoms with E-state index in [0.29, 0.717) is 0 Å². The Morgan fingerprint density at radius 3 is 2.71 bits per heavy atom. The lowest BCUT2D eigenvalue weighted by molar-refractivity contribution is -0.148. The molecule has 112 valence electrons. The molecule has 3 N–H and O–H groups in total. The molecule has 2 rings (SSSR count). The summed E-state index contributed by atoms with van der Waals surface area (Å²) in [5.41, 5.74) is 0.974. The summed E-state index contributed by atoms with van der Waals surface area (Å²) in [7, 11) is 0. The topological polar surface area (TPSA) is 96.2 Å². The molecule has 21 heavy (non-hydrogen) atoms. The Labute approximate surface area is 121 Å². The zero-order valence-electron chi connectivity index (χ0n) is 11.2. The second kappa shape index (κ2) is 6.92. The molecule has 1 aliphatic rings. The maximum absolute atomic E-state index is 11.5. The summed E-state index contributed by atoms with van der Waals surface area (Å²) < 4.78 is 9.88. The van der Waals surface area contributed by atoms with Crippen LogP contribution in [0.5, 0.6) is 0 Å². The van der Waals surface area contributed by atoms with Crippen molar-refractivity contribution in [2.24, 2.45) is 0 Å². The highest BCUT2D eigenvalue weighted by atomic mass is 16.6. The molecule has 0 aliphatic carbocycles. The molecule has 1 heterocycles. The molecule has 0 radical (unpaired) electrons. The summed E-state index contributed by atoms with van der Waals surface area (Å²) in [6.45, 7) is -0.575. The number of esters is 1. The molecular formula is C15H16O6. The molecule has 1 aromatic carbocycles. The van der Waals surface area contributed by atoms with Crippen molar-refractivity contribution < 1.29 is 29.6 Å². The summed E-state index contributed by atoms with van der Waals surface area (Å²) in [5.74, 6) is -1.71. The first-order valence-corrected chi connectivity index (χ1v) is 6.41. The minimum atomic E-state index is -1.38. The van der Waals surface area contributed by atoms with Gasteiger partial charge >= 0.3 is 5.97 Å². The molecule has 0 saturated heterocycles. The van der Waals surface area contributed by atoms with Crippen LogP contribution in [0.15, 0.2) is 47.9 Å². The predicted octanol–water partition coefficient (Wildman–Crippen LogP) is 0.765. The van der Waals surface area contributed by atoms with Crippen LogP contribution in [0.1, 0.15) is 5.56 Å². The Morgan fingerprint density at radius 2 is 2.05 bits per heavy atom. The van der Waals surface area contributed by atoms with Gasteiger partial charge in [-0.15, -0.1) is 0 Å². The van der Waals surface area contributed by atoms with Gasteiger partial charge in [0.25, 0.3) is 0 Å². The summed E-state index contributed by atoms with van der Waals surface area (Å²) in [5, 5.41) is 27.9. The third-order valence-electron chi connectivity index (χ3n) is 2.89. The van der Waals surface area contributed by atoms with Gasteiger partial charge in [0.05, 0.1) is 6.61 Å². The van der Waals surface area contributed by atoms with Crippen molar-refractivity contribution in [2.45, 2.75) is 12.2 Å². The molecule has 0 unspecified atom stereocenters. The number of hydrogen-bond donors (Lipinski definition) is 3. The maximum Gasteiger partial charge on any atom is 0.378 e. The number of carbonyl (C=O) groups is 1. The molecule has 1 aliphatic heterocycles. The van der Waals surface area contributed by atoms with Gasteiger partial charge in [-0.3, -0.25) is 0 Å². The third kappa shape index (κ3) is 3.62. The summed E-state index contributed by atoms with van der Waals surface area (Å²) in [6, 6.07) is 9.50. The Balaban J connectivity index is 1.94. The number of aliphatic hydroxyl groups is 3. The van der Waals surface area contributed by atoms with E-state index in [1.165, 1.54) is 0 Å². The van der Waals surface area contributed by atoms with Crippen molar-refractivity contribution >= 4 is 12.0 Å². The van der Waals surface area contributed by atoms with Gasteiger partial charge in [-0.2, -0.15) is 0 Å². The first-order chi connectivity index (χ1) is 10.1. The zero-order valence-corrected chi connectivity index (χ0v) is 11.2. The van der Waals surface area contributed by atoms with Crippen molar-refractivity contribution in [3.63, 3.8) is 0 Å². The van der Waals surface area contributed by atoms with Crippen molar-refractivity contribution in [1.82, 2.24) is 0 Å². The Hall–Kier alpha value is -2.31. The smallest absolute Gasteiger partial charge is 0.378 e. The number of cyclic esters (lactones) is 1. The standard InChI is InChI=1S/C15H16O6/c16-9-11(17)13-12(18)14(15(19)21-13)20-8-4-7-10-5-2-1-3-6-10/h1-7,11,13,16-18H,8-9H2/t11-,13+/m0/s1. The monoisotopic (exact) mass is 292 g/mol. The number of benzene rings is 1. The lowest BCUT2D eigenvalue weighted by Crippen LogP contribution is -2.31. The van der Waals surface area contributed by atoms with Crippen molar-refractivity contribution in [3.05, 3.63) is 53.5 Å². The number of carbonyl (C=O) groups excluding carboxylic acids is 1. The predicted molar refractivity (Wildman–Crippen MR) is 74.1 cm³/mol. The maximum atomic E-state index is 11.5. The van der Waals surface area contributed by atoms with E-state index >= 15 is 0 Å². The minimum absolute atomic E-state index is 0.0608. The van der Waals surface area contributed by atoms with Gasteiger partial charge in [0.15, 0.2) is 11.9 Å². The van der Waals surface area contributed by atoms with Crippen LogP contribution in [0.25, 0.3) is 6.08 Å². The van der Waals surface area contributed by atoms with Crippen LogP contribution < -0.4 is 0 Å². The van der Waals surface area contributed by atoms with Crippen molar-refractivity contribution in [1.29, 1.82) is 0 Å². The van der Waals surface area contributed by atoms with Crippen LogP contribution in [0.2, 0.25) is 0 Å². The minimum Gasteiger partial charge on any atom is -0.505 e. The molecule has 0 spiro atoms. The number of aliphatic hydroxyl groups excluding tert-OH is 3. The summed E-state index contributed by atoms with van der Waals surface area (Å²) in [4.78, 5) is 11.5. The molecule has 2 atom stereocenters. The molecule has 6 nitrogen and oxygen atoms in total. The molecule has 0 amide bonds. The van der Waals surface area contributed by atoms with Gasteiger partial charge in [-0.1, -0.05) is 36.4 Å². The summed E-state index contributed by atoms with van der Waals surface area (Å²) in [6.07, 6.45) is 0.821. The van der Waals surface area contributed by atoms with Crippen LogP contribution in [-0.4, -0.2) is 46.7 Å². The molecule has 0 saturated carbocycles. The van der Waals surface area contributed by atoms with E-state index in [4.69, 9.17) is 14.6 Å². The van der Waals surface area contributed by atoms with Crippen molar-refractivity contribution in [2.75, 3.05) is 13.2 Å². The fourth-order valence-corrected chi connectivity index (χ4v) is 1.83. The highest BCUT2D eigenvalue weighted by Crippen LogP contribution is 2.24. The van der Waals surface area contributed by atoms with Crippen LogP contribution in [-0.2, 0) is 14.3 Å². The molecular weight excluding hydrogens is 276 g/mol. The van der Waals surface area contributed by atoms with E-state index in [0.717, 1.165) is 5.56 Å². The first kappa shape index (κ1) is 15.1. The second-order valence-electron chi connectivity index (χ2n) is 4.41. The van der Waals surface area contributed by atoms with E-state index in [2.05, 4.69) is 0 Å². The van der Waals surface area contributed by atoms with Crippen LogP contribution in [0.3, 0.4) is 0 Å². The quantitative estimate of drug-likeness (QED) is 0.670. The Kier molecular flexibility index (Phi) is 4.97. The lowest BCUT2D eigenvalue weighted by Gasteiger charge is -2.13. The third-order valence-corrected chi connectivity index (χ3v) is 2.89. The molecule has 0 bridgehead atoms. The number of rotatable bonds is 6. The van der Waals surface area contributed by atoms with Gasteiger partial charge < -0.3 is 24.8 Å². The molecule has 0 aromatic heterocycles. The fourth-order valence-electron chi connectivity index (χ4n) is 1.83. The van der Waals surface area contributed by atoms with E-state index in [1.54, 1.807) is 12.2 Å². The van der Waals surface area contributed by atoms with Gasteiger partial charge in [0.2, 0.25) is 5.76 Å². The van der Waals surface area contributed by atoms with Crippen molar-refractivity contribution in [3.8, 4) is 0 Å². The fraction of sp³-hybridized carbons (Fsp3) is 0.267. The number of ether oxygens (including phenoxy) is 2. The van der Waals surface area contributed by atoms with E-state index < -0.39 is 30.5 Å². The van der Waals surface area contributed by atoms with E-state index in [9.17, 15) is 15.0 Å². The Morgan fingerprint density at radius 1 is 1.33 bits per heavy atom. The molecule has 0 fully saturated rings.